The van der Waals surface area contributed by atoms with Crippen LogP contribution < -0.4 is 5.32 Å². The molecule has 1 atom stereocenters. The number of methoxy groups -OCH3 is 1. The minimum atomic E-state index is -0.314. The average molecular weight is 365 g/mol. The van der Waals surface area contributed by atoms with Gasteiger partial charge in [-0.25, -0.2) is 4.68 Å². The Labute approximate surface area is 155 Å². The number of para-hydroxylation sites is 1. The van der Waals surface area contributed by atoms with E-state index in [9.17, 15) is 9.59 Å². The lowest BCUT2D eigenvalue weighted by Crippen LogP contribution is -2.28. The fraction of sp³-hybridized carbons (Fsp3) is 0.316. The van der Waals surface area contributed by atoms with Crippen molar-refractivity contribution >= 4 is 28.7 Å². The molecule has 27 heavy (non-hydrogen) atoms. The third-order valence-corrected chi connectivity index (χ3v) is 4.72. The largest absolute Gasteiger partial charge is 0.469 e. The number of aryl methyl sites for hydroxylation is 2. The number of nitrogens with one attached hydrogen (secondary N) is 1. The van der Waals surface area contributed by atoms with Crippen molar-refractivity contribution in [3.63, 3.8) is 0 Å². The lowest BCUT2D eigenvalue weighted by molar-refractivity contribution is -0.146. The highest BCUT2D eigenvalue weighted by molar-refractivity contribution is 6.11. The fourth-order valence-corrected chi connectivity index (χ4v) is 3.32. The Hall–Kier alpha value is -3.29. The Balaban J connectivity index is 1.58. The monoisotopic (exact) mass is 365 g/mol. The van der Waals surface area contributed by atoms with Gasteiger partial charge in [-0.05, 0) is 25.5 Å². The van der Waals surface area contributed by atoms with Crippen LogP contribution in [0.2, 0.25) is 0 Å². The first-order valence-electron chi connectivity index (χ1n) is 8.74. The first kappa shape index (κ1) is 17.1. The van der Waals surface area contributed by atoms with Crippen LogP contribution >= 0.6 is 0 Å². The summed E-state index contributed by atoms with van der Waals surface area (Å²) in [5.74, 6) is 0.172. The van der Waals surface area contributed by atoms with Crippen LogP contribution in [0.15, 0.2) is 30.3 Å². The molecule has 4 rings (SSSR count). The Kier molecular flexibility index (Phi) is 4.31. The molecule has 1 unspecified atom stereocenters. The van der Waals surface area contributed by atoms with Gasteiger partial charge < -0.3 is 4.74 Å². The van der Waals surface area contributed by atoms with Crippen molar-refractivity contribution < 1.29 is 14.3 Å². The fourth-order valence-electron chi connectivity index (χ4n) is 3.32. The van der Waals surface area contributed by atoms with Crippen molar-refractivity contribution in [3.8, 4) is 0 Å². The number of amides is 1. The van der Waals surface area contributed by atoms with Gasteiger partial charge in [0.15, 0.2) is 0 Å². The molecule has 0 spiro atoms. The SMILES string of the molecule is COC(=O)C1CCc2nc(NC(=O)c3cccc4ccc(C)nc34)nn2C1. The molecule has 8 nitrogen and oxygen atoms in total. The number of carbonyl (C=O) groups excluding carboxylic acids is 2. The molecule has 2 aromatic heterocycles. The third-order valence-electron chi connectivity index (χ3n) is 4.72. The number of nitrogens with zero attached hydrogens (tertiary/aromatic N) is 4. The number of hydrogen-bond donors (Lipinski definition) is 1. The molecule has 0 saturated heterocycles. The highest BCUT2D eigenvalue weighted by atomic mass is 16.5. The van der Waals surface area contributed by atoms with Gasteiger partial charge in [-0.1, -0.05) is 18.2 Å². The summed E-state index contributed by atoms with van der Waals surface area (Å²) >= 11 is 0. The van der Waals surface area contributed by atoms with Crippen molar-refractivity contribution in [2.45, 2.75) is 26.3 Å². The van der Waals surface area contributed by atoms with E-state index in [1.165, 1.54) is 7.11 Å². The van der Waals surface area contributed by atoms with Gasteiger partial charge in [-0.3, -0.25) is 19.9 Å². The average Bonchev–Trinajstić information content (AvgIpc) is 3.08. The van der Waals surface area contributed by atoms with Crippen molar-refractivity contribution in [3.05, 3.63) is 47.4 Å². The molecule has 138 valence electrons. The van der Waals surface area contributed by atoms with Crippen LogP contribution in [0.25, 0.3) is 10.9 Å². The lowest BCUT2D eigenvalue weighted by atomic mass is 10.0. The number of benzene rings is 1. The number of fused-ring (bicyclic) bond motifs is 2. The highest BCUT2D eigenvalue weighted by Crippen LogP contribution is 2.22. The molecule has 0 saturated carbocycles. The van der Waals surface area contributed by atoms with Crippen molar-refractivity contribution in [1.29, 1.82) is 0 Å². The van der Waals surface area contributed by atoms with Crippen molar-refractivity contribution in [2.24, 2.45) is 5.92 Å². The van der Waals surface area contributed by atoms with Crippen LogP contribution in [0.3, 0.4) is 0 Å². The molecule has 1 amide bonds. The predicted octanol–water partition coefficient (Wildman–Crippen LogP) is 2.12. The number of aromatic nitrogens is 4. The summed E-state index contributed by atoms with van der Waals surface area (Å²) in [7, 11) is 1.38. The van der Waals surface area contributed by atoms with Crippen molar-refractivity contribution in [2.75, 3.05) is 12.4 Å². The number of ether oxygens (including phenoxy) is 1. The quantitative estimate of drug-likeness (QED) is 0.714. The van der Waals surface area contributed by atoms with Gasteiger partial charge in [0.05, 0.1) is 30.7 Å². The van der Waals surface area contributed by atoms with Gasteiger partial charge >= 0.3 is 5.97 Å². The Morgan fingerprint density at radius 3 is 2.89 bits per heavy atom. The molecule has 3 heterocycles. The minimum absolute atomic E-state index is 0.227. The lowest BCUT2D eigenvalue weighted by Gasteiger charge is -2.19. The van der Waals surface area contributed by atoms with Crippen molar-refractivity contribution in [1.82, 2.24) is 19.7 Å². The number of esters is 1. The van der Waals surface area contributed by atoms with Gasteiger partial charge in [0.2, 0.25) is 5.95 Å². The third kappa shape index (κ3) is 3.25. The Bertz CT molecular complexity index is 1040. The van der Waals surface area contributed by atoms with E-state index in [1.807, 2.05) is 31.2 Å². The van der Waals surface area contributed by atoms with E-state index in [0.29, 0.717) is 30.5 Å². The summed E-state index contributed by atoms with van der Waals surface area (Å²) in [6.45, 7) is 2.29. The van der Waals surface area contributed by atoms with Crippen LogP contribution in [0, 0.1) is 12.8 Å². The second-order valence-electron chi connectivity index (χ2n) is 6.58. The summed E-state index contributed by atoms with van der Waals surface area (Å²) in [5.41, 5.74) is 1.95. The molecule has 1 aliphatic heterocycles. The molecule has 0 radical (unpaired) electrons. The summed E-state index contributed by atoms with van der Waals surface area (Å²) in [5, 5.41) is 7.97. The predicted molar refractivity (Wildman–Crippen MR) is 98.3 cm³/mol. The van der Waals surface area contributed by atoms with E-state index in [2.05, 4.69) is 20.4 Å². The second kappa shape index (κ2) is 6.79. The van der Waals surface area contributed by atoms with E-state index in [0.717, 1.165) is 16.9 Å². The van der Waals surface area contributed by atoms with Gasteiger partial charge in [0.1, 0.15) is 5.82 Å². The summed E-state index contributed by atoms with van der Waals surface area (Å²) in [6, 6.07) is 9.31. The number of pyridine rings is 1. The Morgan fingerprint density at radius 1 is 1.22 bits per heavy atom. The molecular formula is C19H19N5O3. The molecule has 8 heteroatoms. The highest BCUT2D eigenvalue weighted by Gasteiger charge is 2.28. The van der Waals surface area contributed by atoms with E-state index in [4.69, 9.17) is 4.74 Å². The Morgan fingerprint density at radius 2 is 2.07 bits per heavy atom. The number of rotatable bonds is 3. The number of carbonyl (C=O) groups is 2. The molecule has 1 aromatic carbocycles. The zero-order valence-corrected chi connectivity index (χ0v) is 15.1. The van der Waals surface area contributed by atoms with Crippen LogP contribution in [0.1, 0.15) is 28.3 Å². The van der Waals surface area contributed by atoms with E-state index >= 15 is 0 Å². The molecule has 3 aromatic rings. The number of hydrogen-bond acceptors (Lipinski definition) is 6. The summed E-state index contributed by atoms with van der Waals surface area (Å²) in [4.78, 5) is 33.4. The minimum Gasteiger partial charge on any atom is -0.469 e. The maximum Gasteiger partial charge on any atom is 0.310 e. The second-order valence-corrected chi connectivity index (χ2v) is 6.58. The summed E-state index contributed by atoms with van der Waals surface area (Å²) < 4.78 is 6.47. The normalized spacial score (nSPS) is 16.0. The van der Waals surface area contributed by atoms with Crippen LogP contribution in [-0.2, 0) is 22.5 Å². The molecular weight excluding hydrogens is 346 g/mol. The summed E-state index contributed by atoms with van der Waals surface area (Å²) in [6.07, 6.45) is 1.27. The molecule has 0 aliphatic carbocycles. The van der Waals surface area contributed by atoms with Crippen LogP contribution in [0.4, 0.5) is 5.95 Å². The first-order valence-corrected chi connectivity index (χ1v) is 8.74. The zero-order chi connectivity index (χ0) is 19.0. The van der Waals surface area contributed by atoms with Gasteiger partial charge in [0.25, 0.3) is 5.91 Å². The molecule has 1 aliphatic rings. The molecule has 0 bridgehead atoms. The molecule has 0 fully saturated rings. The first-order chi connectivity index (χ1) is 13.0. The van der Waals surface area contributed by atoms with E-state index < -0.39 is 0 Å². The maximum atomic E-state index is 12.8. The smallest absolute Gasteiger partial charge is 0.310 e. The van der Waals surface area contributed by atoms with E-state index in [-0.39, 0.29) is 23.7 Å². The molecule has 1 N–H and O–H groups in total. The number of anilines is 1. The van der Waals surface area contributed by atoms with Gasteiger partial charge in [-0.2, -0.15) is 4.98 Å². The zero-order valence-electron chi connectivity index (χ0n) is 15.1. The maximum absolute atomic E-state index is 12.8. The van der Waals surface area contributed by atoms with Gasteiger partial charge in [-0.15, -0.1) is 5.10 Å². The topological polar surface area (TPSA) is 99.0 Å². The van der Waals surface area contributed by atoms with Crippen LogP contribution in [0.5, 0.6) is 0 Å². The standard InChI is InChI=1S/C19H19N5O3/c1-11-6-7-12-4-3-5-14(16(12)20-11)17(25)22-19-21-15-9-8-13(18(26)27-2)10-24(15)23-19/h3-7,13H,8-10H2,1-2H3,(H,22,23,25). The van der Waals surface area contributed by atoms with Gasteiger partial charge in [0, 0.05) is 17.5 Å². The van der Waals surface area contributed by atoms with E-state index in [1.54, 1.807) is 10.7 Å². The van der Waals surface area contributed by atoms with Crippen LogP contribution in [-0.4, -0.2) is 38.7 Å².